The van der Waals surface area contributed by atoms with Gasteiger partial charge in [0.05, 0.1) is 0 Å². The zero-order chi connectivity index (χ0) is 13.3. The second-order valence-corrected chi connectivity index (χ2v) is 5.17. The molecule has 1 N–H and O–H groups in total. The summed E-state index contributed by atoms with van der Waals surface area (Å²) in [7, 11) is 0. The predicted octanol–water partition coefficient (Wildman–Crippen LogP) is 3.43. The minimum atomic E-state index is 0.0659. The summed E-state index contributed by atoms with van der Waals surface area (Å²) in [5.74, 6) is 0.0659. The predicted molar refractivity (Wildman–Crippen MR) is 74.7 cm³/mol. The van der Waals surface area contributed by atoms with Gasteiger partial charge < -0.3 is 9.88 Å². The molecular weight excluding hydrogens is 224 g/mol. The first-order chi connectivity index (χ1) is 8.50. The summed E-state index contributed by atoms with van der Waals surface area (Å²) in [5, 5.41) is 1.08. The van der Waals surface area contributed by atoms with Crippen molar-refractivity contribution in [3.63, 3.8) is 0 Å². The van der Waals surface area contributed by atoms with Gasteiger partial charge in [-0.2, -0.15) is 0 Å². The standard InChI is InChI=1S/C15H20N2O/c1-10(2)17(11(3)4)15(18)14-9-12-7-5-6-8-13(12)16-14/h5-11,16H,1-4H3. The fourth-order valence-corrected chi connectivity index (χ4v) is 2.39. The molecule has 2 aromatic rings. The van der Waals surface area contributed by atoms with Crippen LogP contribution in [0.4, 0.5) is 0 Å². The third-order valence-corrected chi connectivity index (χ3v) is 3.11. The van der Waals surface area contributed by atoms with Crippen molar-refractivity contribution >= 4 is 16.8 Å². The molecule has 1 aromatic carbocycles. The Labute approximate surface area is 108 Å². The lowest BCUT2D eigenvalue weighted by Crippen LogP contribution is -2.42. The molecule has 0 saturated heterocycles. The number of carbonyl (C=O) groups is 1. The van der Waals surface area contributed by atoms with Crippen molar-refractivity contribution in [3.05, 3.63) is 36.0 Å². The number of hydrogen-bond donors (Lipinski definition) is 1. The number of aromatic nitrogens is 1. The fraction of sp³-hybridized carbons (Fsp3) is 0.400. The molecule has 0 unspecified atom stereocenters. The average Bonchev–Trinajstić information content (AvgIpc) is 2.71. The molecule has 1 amide bonds. The summed E-state index contributed by atoms with van der Waals surface area (Å²) in [6.45, 7) is 8.17. The topological polar surface area (TPSA) is 36.1 Å². The van der Waals surface area contributed by atoms with Crippen LogP contribution >= 0.6 is 0 Å². The number of para-hydroxylation sites is 1. The lowest BCUT2D eigenvalue weighted by Gasteiger charge is -2.30. The molecule has 0 atom stereocenters. The number of amides is 1. The molecule has 3 heteroatoms. The van der Waals surface area contributed by atoms with Gasteiger partial charge in [-0.3, -0.25) is 4.79 Å². The Hall–Kier alpha value is -1.77. The third kappa shape index (κ3) is 2.26. The van der Waals surface area contributed by atoms with Gasteiger partial charge in [0.15, 0.2) is 0 Å². The van der Waals surface area contributed by atoms with E-state index in [-0.39, 0.29) is 18.0 Å². The first-order valence-corrected chi connectivity index (χ1v) is 6.41. The summed E-state index contributed by atoms with van der Waals surface area (Å²) in [4.78, 5) is 17.6. The molecule has 0 spiro atoms. The highest BCUT2D eigenvalue weighted by molar-refractivity contribution is 5.98. The van der Waals surface area contributed by atoms with Gasteiger partial charge in [-0.05, 0) is 39.8 Å². The zero-order valence-corrected chi connectivity index (χ0v) is 11.4. The molecule has 18 heavy (non-hydrogen) atoms. The number of hydrogen-bond acceptors (Lipinski definition) is 1. The van der Waals surface area contributed by atoms with E-state index in [1.54, 1.807) is 0 Å². The molecule has 0 saturated carbocycles. The molecule has 0 aliphatic rings. The van der Waals surface area contributed by atoms with E-state index >= 15 is 0 Å². The van der Waals surface area contributed by atoms with Crippen LogP contribution in [0.5, 0.6) is 0 Å². The number of carbonyl (C=O) groups excluding carboxylic acids is 1. The van der Waals surface area contributed by atoms with Crippen LogP contribution in [0.15, 0.2) is 30.3 Å². The van der Waals surface area contributed by atoms with Gasteiger partial charge in [0.25, 0.3) is 5.91 Å². The monoisotopic (exact) mass is 244 g/mol. The number of aromatic amines is 1. The summed E-state index contributed by atoms with van der Waals surface area (Å²) >= 11 is 0. The van der Waals surface area contributed by atoms with Crippen LogP contribution < -0.4 is 0 Å². The van der Waals surface area contributed by atoms with Crippen LogP contribution in [-0.4, -0.2) is 27.9 Å². The number of nitrogens with one attached hydrogen (secondary N) is 1. The second-order valence-electron chi connectivity index (χ2n) is 5.17. The van der Waals surface area contributed by atoms with Crippen molar-refractivity contribution < 1.29 is 4.79 Å². The fourth-order valence-electron chi connectivity index (χ4n) is 2.39. The van der Waals surface area contributed by atoms with E-state index in [9.17, 15) is 4.79 Å². The maximum atomic E-state index is 12.5. The largest absolute Gasteiger partial charge is 0.351 e. The van der Waals surface area contributed by atoms with E-state index in [0.29, 0.717) is 5.69 Å². The number of rotatable bonds is 3. The second kappa shape index (κ2) is 4.84. The molecule has 0 bridgehead atoms. The van der Waals surface area contributed by atoms with Gasteiger partial charge in [0.2, 0.25) is 0 Å². The highest BCUT2D eigenvalue weighted by Crippen LogP contribution is 2.18. The van der Waals surface area contributed by atoms with E-state index in [1.807, 2.05) is 62.9 Å². The number of fused-ring (bicyclic) bond motifs is 1. The molecule has 3 nitrogen and oxygen atoms in total. The summed E-state index contributed by atoms with van der Waals surface area (Å²) in [6, 6.07) is 10.3. The van der Waals surface area contributed by atoms with Crippen LogP contribution in [0.25, 0.3) is 10.9 Å². The Balaban J connectivity index is 2.38. The summed E-state index contributed by atoms with van der Waals surface area (Å²) < 4.78 is 0. The molecular formula is C15H20N2O. The Morgan fingerprint density at radius 2 is 1.72 bits per heavy atom. The Kier molecular flexibility index (Phi) is 3.41. The molecule has 1 heterocycles. The van der Waals surface area contributed by atoms with Crippen molar-refractivity contribution in [1.82, 2.24) is 9.88 Å². The minimum Gasteiger partial charge on any atom is -0.351 e. The van der Waals surface area contributed by atoms with Crippen LogP contribution in [0.3, 0.4) is 0 Å². The molecule has 96 valence electrons. The molecule has 0 aliphatic carbocycles. The highest BCUT2D eigenvalue weighted by atomic mass is 16.2. The SMILES string of the molecule is CC(C)N(C(=O)c1cc2ccccc2[nH]1)C(C)C. The van der Waals surface area contributed by atoms with Crippen molar-refractivity contribution in [3.8, 4) is 0 Å². The van der Waals surface area contributed by atoms with E-state index < -0.39 is 0 Å². The number of nitrogens with zero attached hydrogens (tertiary/aromatic N) is 1. The summed E-state index contributed by atoms with van der Waals surface area (Å²) in [6.07, 6.45) is 0. The van der Waals surface area contributed by atoms with Crippen LogP contribution in [0.1, 0.15) is 38.2 Å². The minimum absolute atomic E-state index is 0.0659. The average molecular weight is 244 g/mol. The van der Waals surface area contributed by atoms with Gasteiger partial charge in [-0.25, -0.2) is 0 Å². The lowest BCUT2D eigenvalue weighted by atomic mass is 10.2. The maximum absolute atomic E-state index is 12.5. The first-order valence-electron chi connectivity index (χ1n) is 6.41. The van der Waals surface area contributed by atoms with Gasteiger partial charge in [-0.15, -0.1) is 0 Å². The zero-order valence-electron chi connectivity index (χ0n) is 11.4. The van der Waals surface area contributed by atoms with Crippen molar-refractivity contribution in [2.24, 2.45) is 0 Å². The van der Waals surface area contributed by atoms with Gasteiger partial charge in [-0.1, -0.05) is 18.2 Å². The number of H-pyrrole nitrogens is 1. The molecule has 2 rings (SSSR count). The summed E-state index contributed by atoms with van der Waals surface area (Å²) in [5.41, 5.74) is 1.67. The first kappa shape index (κ1) is 12.7. The Morgan fingerprint density at radius 3 is 2.28 bits per heavy atom. The van der Waals surface area contributed by atoms with E-state index in [1.165, 1.54) is 0 Å². The molecule has 0 fully saturated rings. The third-order valence-electron chi connectivity index (χ3n) is 3.11. The molecule has 1 aromatic heterocycles. The van der Waals surface area contributed by atoms with Crippen LogP contribution in [-0.2, 0) is 0 Å². The van der Waals surface area contributed by atoms with E-state index in [4.69, 9.17) is 0 Å². The molecule has 0 radical (unpaired) electrons. The quantitative estimate of drug-likeness (QED) is 0.882. The van der Waals surface area contributed by atoms with E-state index in [2.05, 4.69) is 4.98 Å². The van der Waals surface area contributed by atoms with Gasteiger partial charge in [0.1, 0.15) is 5.69 Å². The highest BCUT2D eigenvalue weighted by Gasteiger charge is 2.22. The van der Waals surface area contributed by atoms with Crippen LogP contribution in [0, 0.1) is 0 Å². The number of benzene rings is 1. The lowest BCUT2D eigenvalue weighted by molar-refractivity contribution is 0.0638. The van der Waals surface area contributed by atoms with E-state index in [0.717, 1.165) is 10.9 Å². The Bertz CT molecular complexity index is 513. The van der Waals surface area contributed by atoms with Gasteiger partial charge in [0, 0.05) is 23.0 Å². The van der Waals surface area contributed by atoms with Gasteiger partial charge >= 0.3 is 0 Å². The van der Waals surface area contributed by atoms with Crippen molar-refractivity contribution in [1.29, 1.82) is 0 Å². The Morgan fingerprint density at radius 1 is 1.11 bits per heavy atom. The smallest absolute Gasteiger partial charge is 0.270 e. The molecule has 0 aliphatic heterocycles. The van der Waals surface area contributed by atoms with Crippen LogP contribution in [0.2, 0.25) is 0 Å². The maximum Gasteiger partial charge on any atom is 0.270 e. The normalized spacial score (nSPS) is 11.4. The van der Waals surface area contributed by atoms with Crippen molar-refractivity contribution in [2.45, 2.75) is 39.8 Å². The van der Waals surface area contributed by atoms with Crippen molar-refractivity contribution in [2.75, 3.05) is 0 Å².